The average molecular weight is 265 g/mol. The van der Waals surface area contributed by atoms with Crippen molar-refractivity contribution >= 4 is 37.0 Å². The summed E-state index contributed by atoms with van der Waals surface area (Å²) in [6.07, 6.45) is 1.69. The summed E-state index contributed by atoms with van der Waals surface area (Å²) in [5, 5.41) is -0.305. The molecule has 0 aliphatic heterocycles. The van der Waals surface area contributed by atoms with Crippen LogP contribution < -0.4 is 0 Å². The van der Waals surface area contributed by atoms with Crippen molar-refractivity contribution in [1.29, 1.82) is 0 Å². The molecule has 0 unspecified atom stereocenters. The highest BCUT2D eigenvalue weighted by Crippen LogP contribution is 2.25. The van der Waals surface area contributed by atoms with Crippen LogP contribution in [0.3, 0.4) is 0 Å². The standard InChI is InChI=1S/C8H6Cl2N2O2S/c1-5-2-3-6-11-8(15(10,13)14)7(9)12(6)4-5/h2-4H,1H3. The molecule has 15 heavy (non-hydrogen) atoms. The van der Waals surface area contributed by atoms with Gasteiger partial charge in [-0.25, -0.2) is 13.4 Å². The van der Waals surface area contributed by atoms with Crippen LogP contribution in [0.5, 0.6) is 0 Å². The minimum absolute atomic E-state index is 0.00343. The van der Waals surface area contributed by atoms with Crippen LogP contribution >= 0.6 is 22.3 Å². The van der Waals surface area contributed by atoms with Gasteiger partial charge in [0.2, 0.25) is 5.03 Å². The van der Waals surface area contributed by atoms with Gasteiger partial charge in [0, 0.05) is 16.9 Å². The van der Waals surface area contributed by atoms with Gasteiger partial charge in [0.15, 0.2) is 5.15 Å². The molecule has 0 fully saturated rings. The van der Waals surface area contributed by atoms with E-state index >= 15 is 0 Å². The van der Waals surface area contributed by atoms with E-state index in [-0.39, 0.29) is 10.2 Å². The molecular weight excluding hydrogens is 259 g/mol. The summed E-state index contributed by atoms with van der Waals surface area (Å²) in [5.41, 5.74) is 1.39. The summed E-state index contributed by atoms with van der Waals surface area (Å²) >= 11 is 5.85. The first-order valence-corrected chi connectivity index (χ1v) is 6.67. The van der Waals surface area contributed by atoms with Gasteiger partial charge in [-0.1, -0.05) is 17.7 Å². The smallest absolute Gasteiger partial charge is 0.281 e. The molecule has 0 saturated carbocycles. The van der Waals surface area contributed by atoms with Gasteiger partial charge in [-0.15, -0.1) is 0 Å². The van der Waals surface area contributed by atoms with Crippen molar-refractivity contribution in [3.05, 3.63) is 29.0 Å². The molecule has 0 aromatic carbocycles. The van der Waals surface area contributed by atoms with E-state index in [9.17, 15) is 8.42 Å². The van der Waals surface area contributed by atoms with Gasteiger partial charge in [-0.3, -0.25) is 4.40 Å². The fourth-order valence-corrected chi connectivity index (χ4v) is 2.68. The van der Waals surface area contributed by atoms with Gasteiger partial charge in [-0.2, -0.15) is 0 Å². The van der Waals surface area contributed by atoms with Gasteiger partial charge >= 0.3 is 0 Å². The van der Waals surface area contributed by atoms with E-state index < -0.39 is 9.05 Å². The van der Waals surface area contributed by atoms with Crippen molar-refractivity contribution in [2.24, 2.45) is 0 Å². The van der Waals surface area contributed by atoms with Crippen LogP contribution in [-0.4, -0.2) is 17.8 Å². The molecule has 7 heteroatoms. The van der Waals surface area contributed by atoms with Crippen LogP contribution in [0.25, 0.3) is 5.65 Å². The molecule has 0 spiro atoms. The summed E-state index contributed by atoms with van der Waals surface area (Å²) in [6, 6.07) is 3.48. The maximum Gasteiger partial charge on any atom is 0.281 e. The topological polar surface area (TPSA) is 51.4 Å². The molecule has 2 heterocycles. The highest BCUT2D eigenvalue weighted by molar-refractivity contribution is 8.13. The van der Waals surface area contributed by atoms with E-state index in [2.05, 4.69) is 4.98 Å². The maximum absolute atomic E-state index is 11.1. The third kappa shape index (κ3) is 1.82. The number of pyridine rings is 1. The number of hydrogen-bond acceptors (Lipinski definition) is 3. The van der Waals surface area contributed by atoms with Crippen molar-refractivity contribution in [1.82, 2.24) is 9.38 Å². The molecule has 0 aliphatic carbocycles. The number of rotatable bonds is 1. The van der Waals surface area contributed by atoms with Crippen LogP contribution in [-0.2, 0) is 9.05 Å². The lowest BCUT2D eigenvalue weighted by atomic mass is 10.3. The van der Waals surface area contributed by atoms with Crippen LogP contribution in [0.1, 0.15) is 5.56 Å². The number of halogens is 2. The number of aryl methyl sites for hydroxylation is 1. The van der Waals surface area contributed by atoms with Crippen LogP contribution in [0.15, 0.2) is 23.4 Å². The molecule has 0 radical (unpaired) electrons. The molecule has 2 rings (SSSR count). The van der Waals surface area contributed by atoms with Crippen LogP contribution in [0, 0.1) is 6.92 Å². The summed E-state index contributed by atoms with van der Waals surface area (Å²) in [5.74, 6) is 0. The number of imidazole rings is 1. The van der Waals surface area contributed by atoms with E-state index in [4.69, 9.17) is 22.3 Å². The van der Waals surface area contributed by atoms with E-state index in [1.807, 2.05) is 13.0 Å². The van der Waals surface area contributed by atoms with Gasteiger partial charge < -0.3 is 0 Å². The zero-order valence-corrected chi connectivity index (χ0v) is 9.94. The van der Waals surface area contributed by atoms with E-state index in [0.29, 0.717) is 5.65 Å². The number of aromatic nitrogens is 2. The van der Waals surface area contributed by atoms with Crippen LogP contribution in [0.2, 0.25) is 5.15 Å². The Morgan fingerprint density at radius 3 is 2.67 bits per heavy atom. The molecule has 0 saturated heterocycles. The molecule has 0 bridgehead atoms. The Morgan fingerprint density at radius 1 is 1.40 bits per heavy atom. The maximum atomic E-state index is 11.1. The van der Waals surface area contributed by atoms with E-state index in [1.54, 1.807) is 12.3 Å². The number of fused-ring (bicyclic) bond motifs is 1. The zero-order valence-electron chi connectivity index (χ0n) is 7.61. The predicted octanol–water partition coefficient (Wildman–Crippen LogP) is 2.22. The highest BCUT2D eigenvalue weighted by Gasteiger charge is 2.21. The minimum Gasteiger partial charge on any atom is -0.289 e. The second kappa shape index (κ2) is 3.37. The average Bonchev–Trinajstić information content (AvgIpc) is 2.43. The third-order valence-electron chi connectivity index (χ3n) is 1.91. The lowest BCUT2D eigenvalue weighted by molar-refractivity contribution is 0.607. The van der Waals surface area contributed by atoms with Gasteiger partial charge in [0.25, 0.3) is 9.05 Å². The first-order chi connectivity index (χ1) is 6.89. The van der Waals surface area contributed by atoms with Crippen molar-refractivity contribution < 1.29 is 8.42 Å². The first kappa shape index (κ1) is 10.7. The van der Waals surface area contributed by atoms with Gasteiger partial charge in [0.1, 0.15) is 5.65 Å². The van der Waals surface area contributed by atoms with Gasteiger partial charge in [0.05, 0.1) is 0 Å². The van der Waals surface area contributed by atoms with Crippen molar-refractivity contribution in [2.75, 3.05) is 0 Å². The summed E-state index contributed by atoms with van der Waals surface area (Å²) in [6.45, 7) is 1.87. The second-order valence-electron chi connectivity index (χ2n) is 3.08. The third-order valence-corrected chi connectivity index (χ3v) is 3.57. The Balaban J connectivity index is 2.87. The number of hydrogen-bond donors (Lipinski definition) is 0. The Kier molecular flexibility index (Phi) is 2.41. The Labute approximate surface area is 95.9 Å². The SMILES string of the molecule is Cc1ccc2nc(S(=O)(=O)Cl)c(Cl)n2c1. The second-order valence-corrected chi connectivity index (χ2v) is 5.92. The predicted molar refractivity (Wildman–Crippen MR) is 58.0 cm³/mol. The molecule has 4 nitrogen and oxygen atoms in total. The Bertz CT molecular complexity index is 633. The summed E-state index contributed by atoms with van der Waals surface area (Å²) in [4.78, 5) is 3.84. The lowest BCUT2D eigenvalue weighted by Crippen LogP contribution is -1.91. The summed E-state index contributed by atoms with van der Waals surface area (Å²) in [7, 11) is 1.29. The molecule has 0 aliphatic rings. The molecule has 0 N–H and O–H groups in total. The van der Waals surface area contributed by atoms with E-state index in [0.717, 1.165) is 5.56 Å². The first-order valence-electron chi connectivity index (χ1n) is 3.98. The molecular formula is C8H6Cl2N2O2S. The fourth-order valence-electron chi connectivity index (χ4n) is 1.26. The minimum atomic E-state index is -3.90. The summed E-state index contributed by atoms with van der Waals surface area (Å²) < 4.78 is 23.7. The lowest BCUT2D eigenvalue weighted by Gasteiger charge is -1.95. The van der Waals surface area contributed by atoms with Gasteiger partial charge in [-0.05, 0) is 18.6 Å². The Morgan fingerprint density at radius 2 is 2.07 bits per heavy atom. The zero-order chi connectivity index (χ0) is 11.2. The highest BCUT2D eigenvalue weighted by atomic mass is 35.7. The molecule has 2 aromatic heterocycles. The Hall–Kier alpha value is -0.780. The van der Waals surface area contributed by atoms with Crippen molar-refractivity contribution in [2.45, 2.75) is 11.9 Å². The largest absolute Gasteiger partial charge is 0.289 e. The quantitative estimate of drug-likeness (QED) is 0.743. The monoisotopic (exact) mass is 264 g/mol. The van der Waals surface area contributed by atoms with Crippen molar-refractivity contribution in [3.63, 3.8) is 0 Å². The molecule has 2 aromatic rings. The molecule has 80 valence electrons. The normalized spacial score (nSPS) is 12.2. The van der Waals surface area contributed by atoms with E-state index in [1.165, 1.54) is 4.40 Å². The van der Waals surface area contributed by atoms with Crippen molar-refractivity contribution in [3.8, 4) is 0 Å². The van der Waals surface area contributed by atoms with Crippen LogP contribution in [0.4, 0.5) is 0 Å². The molecule has 0 atom stereocenters. The number of nitrogens with zero attached hydrogens (tertiary/aromatic N) is 2. The molecule has 0 amide bonds. The fraction of sp³-hybridized carbons (Fsp3) is 0.125.